The molecule has 1 unspecified atom stereocenters. The fraction of sp³-hybridized carbons (Fsp3) is 0.583. The van der Waals surface area contributed by atoms with Gasteiger partial charge in [0.1, 0.15) is 0 Å². The molecule has 0 aromatic carbocycles. The van der Waals surface area contributed by atoms with Gasteiger partial charge in [-0.25, -0.2) is 4.79 Å². The average Bonchev–Trinajstić information content (AvgIpc) is 2.45. The number of cyclic esters (lactones) is 1. The predicted octanol–water partition coefficient (Wildman–Crippen LogP) is 1.65. The number of carbonyl (C=O) groups excluding carboxylic acids is 2. The molecular weight excluding hydrogens is 208 g/mol. The molecular formula is C12H17O4. The molecule has 1 radical (unpaired) electrons. The second kappa shape index (κ2) is 6.30. The van der Waals surface area contributed by atoms with Gasteiger partial charge in [0.05, 0.1) is 19.1 Å². The summed E-state index contributed by atoms with van der Waals surface area (Å²) < 4.78 is 9.72. The fourth-order valence-corrected chi connectivity index (χ4v) is 1.66. The first-order valence-corrected chi connectivity index (χ1v) is 5.46. The Labute approximate surface area is 95.6 Å². The molecule has 1 rings (SSSR count). The van der Waals surface area contributed by atoms with Crippen molar-refractivity contribution in [1.29, 1.82) is 0 Å². The molecule has 89 valence electrons. The molecule has 4 nitrogen and oxygen atoms in total. The molecule has 0 amide bonds. The molecule has 0 aromatic rings. The van der Waals surface area contributed by atoms with Crippen molar-refractivity contribution < 1.29 is 19.1 Å². The standard InChI is InChI=1S/C12H17O4/c1-3-15-11(13)9(2)8-10-6-4-5-7-16-12(10)14/h10H,1-8H2. The molecule has 4 heteroatoms. The number of ether oxygens (including phenoxy) is 2. The van der Waals surface area contributed by atoms with Crippen molar-refractivity contribution >= 4 is 11.9 Å². The van der Waals surface area contributed by atoms with Crippen LogP contribution in [0.4, 0.5) is 0 Å². The van der Waals surface area contributed by atoms with Crippen LogP contribution in [0.2, 0.25) is 0 Å². The third kappa shape index (κ3) is 3.68. The molecule has 0 spiro atoms. The largest absolute Gasteiger partial charge is 0.465 e. The zero-order valence-corrected chi connectivity index (χ0v) is 9.37. The Bertz CT molecular complexity index is 283. The fourth-order valence-electron chi connectivity index (χ4n) is 1.66. The van der Waals surface area contributed by atoms with Crippen LogP contribution in [-0.2, 0) is 19.1 Å². The van der Waals surface area contributed by atoms with E-state index in [9.17, 15) is 9.59 Å². The summed E-state index contributed by atoms with van der Waals surface area (Å²) in [5.74, 6) is -0.972. The van der Waals surface area contributed by atoms with E-state index in [4.69, 9.17) is 9.47 Å². The highest BCUT2D eigenvalue weighted by molar-refractivity contribution is 5.88. The van der Waals surface area contributed by atoms with Gasteiger partial charge in [0.2, 0.25) is 0 Å². The van der Waals surface area contributed by atoms with Crippen LogP contribution in [0.3, 0.4) is 0 Å². The molecule has 0 N–H and O–H groups in total. The lowest BCUT2D eigenvalue weighted by molar-refractivity contribution is -0.147. The number of esters is 2. The first-order valence-electron chi connectivity index (χ1n) is 5.46. The van der Waals surface area contributed by atoms with Crippen LogP contribution < -0.4 is 0 Å². The molecule has 0 bridgehead atoms. The van der Waals surface area contributed by atoms with Crippen molar-refractivity contribution in [3.05, 3.63) is 19.1 Å². The summed E-state index contributed by atoms with van der Waals surface area (Å²) in [6.07, 6.45) is 2.89. The maximum Gasteiger partial charge on any atom is 0.333 e. The smallest absolute Gasteiger partial charge is 0.333 e. The molecule has 0 aromatic heterocycles. The van der Waals surface area contributed by atoms with Crippen LogP contribution in [0.1, 0.15) is 25.7 Å². The van der Waals surface area contributed by atoms with Crippen LogP contribution in [0.5, 0.6) is 0 Å². The molecule has 1 aliphatic rings. The SMILES string of the molecule is [CH2]COC(=O)C(=C)CC1CCCCOC1=O. The topological polar surface area (TPSA) is 52.6 Å². The summed E-state index contributed by atoms with van der Waals surface area (Å²) in [4.78, 5) is 22.8. The van der Waals surface area contributed by atoms with Gasteiger partial charge in [0.15, 0.2) is 0 Å². The van der Waals surface area contributed by atoms with E-state index in [-0.39, 0.29) is 18.5 Å². The first-order chi connectivity index (χ1) is 7.65. The Hall–Kier alpha value is -1.32. The predicted molar refractivity (Wildman–Crippen MR) is 58.4 cm³/mol. The zero-order valence-electron chi connectivity index (χ0n) is 9.37. The summed E-state index contributed by atoms with van der Waals surface area (Å²) >= 11 is 0. The second-order valence-electron chi connectivity index (χ2n) is 3.80. The van der Waals surface area contributed by atoms with Gasteiger partial charge in [-0.3, -0.25) is 4.79 Å². The third-order valence-electron chi connectivity index (χ3n) is 2.54. The Morgan fingerprint density at radius 3 is 2.94 bits per heavy atom. The van der Waals surface area contributed by atoms with E-state index < -0.39 is 5.97 Å². The monoisotopic (exact) mass is 225 g/mol. The first kappa shape index (κ1) is 12.7. The Kier molecular flexibility index (Phi) is 5.02. The van der Waals surface area contributed by atoms with Gasteiger partial charge < -0.3 is 9.47 Å². The normalized spacial score (nSPS) is 20.8. The second-order valence-corrected chi connectivity index (χ2v) is 3.80. The van der Waals surface area contributed by atoms with Crippen LogP contribution in [0.25, 0.3) is 0 Å². The highest BCUT2D eigenvalue weighted by atomic mass is 16.5. The van der Waals surface area contributed by atoms with Crippen molar-refractivity contribution in [2.75, 3.05) is 13.2 Å². The van der Waals surface area contributed by atoms with Crippen LogP contribution >= 0.6 is 0 Å². The highest BCUT2D eigenvalue weighted by Gasteiger charge is 2.25. The molecule has 0 saturated carbocycles. The van der Waals surface area contributed by atoms with Crippen LogP contribution in [0.15, 0.2) is 12.2 Å². The molecule has 1 fully saturated rings. The number of hydrogen-bond acceptors (Lipinski definition) is 4. The summed E-state index contributed by atoms with van der Waals surface area (Å²) in [7, 11) is 0. The minimum Gasteiger partial charge on any atom is -0.465 e. The minimum absolute atomic E-state index is 0.0764. The summed E-state index contributed by atoms with van der Waals surface area (Å²) in [6, 6.07) is 0. The van der Waals surface area contributed by atoms with Crippen molar-refractivity contribution in [3.8, 4) is 0 Å². The highest BCUT2D eigenvalue weighted by Crippen LogP contribution is 2.22. The van der Waals surface area contributed by atoms with Gasteiger partial charge in [-0.15, -0.1) is 0 Å². The zero-order chi connectivity index (χ0) is 12.0. The molecule has 1 saturated heterocycles. The van der Waals surface area contributed by atoms with Gasteiger partial charge in [-0.1, -0.05) is 6.58 Å². The van der Waals surface area contributed by atoms with E-state index in [0.29, 0.717) is 18.6 Å². The van der Waals surface area contributed by atoms with Crippen LogP contribution in [0, 0.1) is 12.8 Å². The van der Waals surface area contributed by atoms with Crippen molar-refractivity contribution in [1.82, 2.24) is 0 Å². The molecule has 1 atom stereocenters. The molecule has 1 aliphatic heterocycles. The summed E-state index contributed by atoms with van der Waals surface area (Å²) in [5, 5.41) is 0. The Morgan fingerprint density at radius 2 is 2.25 bits per heavy atom. The Balaban J connectivity index is 2.48. The van der Waals surface area contributed by atoms with Crippen molar-refractivity contribution in [2.45, 2.75) is 25.7 Å². The van der Waals surface area contributed by atoms with E-state index in [1.807, 2.05) is 0 Å². The van der Waals surface area contributed by atoms with Gasteiger partial charge in [0, 0.05) is 5.57 Å². The number of carbonyl (C=O) groups is 2. The van der Waals surface area contributed by atoms with E-state index in [2.05, 4.69) is 13.5 Å². The average molecular weight is 225 g/mol. The van der Waals surface area contributed by atoms with E-state index in [1.54, 1.807) is 0 Å². The van der Waals surface area contributed by atoms with Gasteiger partial charge in [-0.05, 0) is 32.6 Å². The van der Waals surface area contributed by atoms with Crippen LogP contribution in [-0.4, -0.2) is 25.2 Å². The summed E-state index contributed by atoms with van der Waals surface area (Å²) in [6.45, 7) is 7.58. The Morgan fingerprint density at radius 1 is 1.50 bits per heavy atom. The van der Waals surface area contributed by atoms with E-state index in [0.717, 1.165) is 19.3 Å². The van der Waals surface area contributed by atoms with Gasteiger partial charge in [0.25, 0.3) is 0 Å². The molecule has 16 heavy (non-hydrogen) atoms. The lowest BCUT2D eigenvalue weighted by atomic mass is 9.95. The summed E-state index contributed by atoms with van der Waals surface area (Å²) in [5.41, 5.74) is 0.312. The van der Waals surface area contributed by atoms with Crippen molar-refractivity contribution in [3.63, 3.8) is 0 Å². The maximum absolute atomic E-state index is 11.5. The third-order valence-corrected chi connectivity index (χ3v) is 2.54. The van der Waals surface area contributed by atoms with E-state index >= 15 is 0 Å². The van der Waals surface area contributed by atoms with Gasteiger partial charge in [-0.2, -0.15) is 0 Å². The lowest BCUT2D eigenvalue weighted by Gasteiger charge is -2.12. The van der Waals surface area contributed by atoms with Gasteiger partial charge >= 0.3 is 11.9 Å². The quantitative estimate of drug-likeness (QED) is 0.539. The lowest BCUT2D eigenvalue weighted by Crippen LogP contribution is -2.19. The number of rotatable bonds is 4. The molecule has 1 heterocycles. The van der Waals surface area contributed by atoms with Crippen molar-refractivity contribution in [2.24, 2.45) is 5.92 Å². The number of hydrogen-bond donors (Lipinski definition) is 0. The minimum atomic E-state index is -0.480. The molecule has 0 aliphatic carbocycles. The van der Waals surface area contributed by atoms with E-state index in [1.165, 1.54) is 0 Å². The maximum atomic E-state index is 11.5.